The third-order valence-electron chi connectivity index (χ3n) is 6.28. The van der Waals surface area contributed by atoms with Crippen LogP contribution < -0.4 is 10.2 Å². The minimum Gasteiger partial charge on any atom is -0.393 e. The monoisotopic (exact) mass is 421 g/mol. The van der Waals surface area contributed by atoms with E-state index in [0.717, 1.165) is 55.7 Å². The van der Waals surface area contributed by atoms with Gasteiger partial charge < -0.3 is 15.3 Å². The number of hydrogen-bond acceptors (Lipinski definition) is 4. The first-order chi connectivity index (χ1) is 15.0. The van der Waals surface area contributed by atoms with E-state index in [2.05, 4.69) is 34.5 Å². The van der Waals surface area contributed by atoms with Crippen LogP contribution in [0.3, 0.4) is 0 Å². The number of carbonyl (C=O) groups is 2. The number of benzene rings is 2. The smallest absolute Gasteiger partial charge is 0.251 e. The molecule has 2 aliphatic rings. The van der Waals surface area contributed by atoms with Crippen LogP contribution in [0.5, 0.6) is 0 Å². The van der Waals surface area contributed by atoms with E-state index in [9.17, 15) is 14.7 Å². The molecule has 0 aromatic heterocycles. The largest absolute Gasteiger partial charge is 0.393 e. The summed E-state index contributed by atoms with van der Waals surface area (Å²) in [5.41, 5.74) is 4.93. The summed E-state index contributed by atoms with van der Waals surface area (Å²) in [5, 5.41) is 12.6. The average molecular weight is 422 g/mol. The van der Waals surface area contributed by atoms with Crippen molar-refractivity contribution in [2.24, 2.45) is 0 Å². The van der Waals surface area contributed by atoms with Crippen molar-refractivity contribution in [2.45, 2.75) is 51.8 Å². The molecule has 6 heteroatoms. The van der Waals surface area contributed by atoms with Crippen LogP contribution in [-0.2, 0) is 24.3 Å². The topological polar surface area (TPSA) is 72.9 Å². The van der Waals surface area contributed by atoms with E-state index in [0.29, 0.717) is 25.1 Å². The molecule has 2 aromatic carbocycles. The van der Waals surface area contributed by atoms with E-state index >= 15 is 0 Å². The van der Waals surface area contributed by atoms with E-state index in [4.69, 9.17) is 0 Å². The molecule has 6 nitrogen and oxygen atoms in total. The summed E-state index contributed by atoms with van der Waals surface area (Å²) in [7, 11) is 0. The number of piperidine rings is 1. The van der Waals surface area contributed by atoms with Gasteiger partial charge in [-0.2, -0.15) is 0 Å². The summed E-state index contributed by atoms with van der Waals surface area (Å²) < 4.78 is 0. The number of likely N-dealkylation sites (tertiary alicyclic amines) is 1. The predicted molar refractivity (Wildman–Crippen MR) is 121 cm³/mol. The minimum absolute atomic E-state index is 0.0981. The first-order valence-corrected chi connectivity index (χ1v) is 11.2. The molecule has 4 rings (SSSR count). The molecule has 0 unspecified atom stereocenters. The van der Waals surface area contributed by atoms with Crippen LogP contribution in [0.15, 0.2) is 42.5 Å². The van der Waals surface area contributed by atoms with E-state index in [1.807, 2.05) is 24.0 Å². The van der Waals surface area contributed by atoms with E-state index < -0.39 is 0 Å². The highest BCUT2D eigenvalue weighted by atomic mass is 16.3. The SMILES string of the molecule is CCC(=O)N1CCc2cc(C(=O)NCc3ccc(CN4CCC(O)CC4)cc3)ccc21. The van der Waals surface area contributed by atoms with Crippen LogP contribution >= 0.6 is 0 Å². The van der Waals surface area contributed by atoms with Crippen molar-refractivity contribution in [3.05, 3.63) is 64.7 Å². The molecule has 0 spiro atoms. The van der Waals surface area contributed by atoms with Crippen molar-refractivity contribution in [2.75, 3.05) is 24.5 Å². The summed E-state index contributed by atoms with van der Waals surface area (Å²) in [4.78, 5) is 28.8. The molecule has 31 heavy (non-hydrogen) atoms. The first-order valence-electron chi connectivity index (χ1n) is 11.2. The highest BCUT2D eigenvalue weighted by Crippen LogP contribution is 2.29. The third kappa shape index (κ3) is 5.14. The summed E-state index contributed by atoms with van der Waals surface area (Å²) >= 11 is 0. The molecule has 164 valence electrons. The second-order valence-corrected chi connectivity index (χ2v) is 8.50. The lowest BCUT2D eigenvalue weighted by molar-refractivity contribution is -0.118. The fraction of sp³-hybridized carbons (Fsp3) is 0.440. The van der Waals surface area contributed by atoms with Crippen LogP contribution in [0.25, 0.3) is 0 Å². The van der Waals surface area contributed by atoms with Gasteiger partial charge in [-0.05, 0) is 54.2 Å². The summed E-state index contributed by atoms with van der Waals surface area (Å²) in [6, 6.07) is 13.9. The molecule has 2 heterocycles. The second kappa shape index (κ2) is 9.62. The Labute approximate surface area is 183 Å². The molecule has 2 amide bonds. The quantitative estimate of drug-likeness (QED) is 0.752. The zero-order chi connectivity index (χ0) is 21.8. The van der Waals surface area contributed by atoms with Crippen LogP contribution in [0, 0.1) is 0 Å². The molecule has 1 saturated heterocycles. The number of nitrogens with one attached hydrogen (secondary N) is 1. The highest BCUT2D eigenvalue weighted by Gasteiger charge is 2.24. The van der Waals surface area contributed by atoms with Crippen molar-refractivity contribution in [3.8, 4) is 0 Å². The lowest BCUT2D eigenvalue weighted by Crippen LogP contribution is -2.35. The van der Waals surface area contributed by atoms with Crippen molar-refractivity contribution < 1.29 is 14.7 Å². The number of nitrogens with zero attached hydrogens (tertiary/aromatic N) is 2. The molecular weight excluding hydrogens is 390 g/mol. The van der Waals surface area contributed by atoms with Crippen molar-refractivity contribution >= 4 is 17.5 Å². The maximum Gasteiger partial charge on any atom is 0.251 e. The Morgan fingerprint density at radius 2 is 1.74 bits per heavy atom. The molecule has 0 aliphatic carbocycles. The Kier molecular flexibility index (Phi) is 6.68. The predicted octanol–water partition coefficient (Wildman–Crippen LogP) is 2.87. The molecule has 0 bridgehead atoms. The molecule has 2 aliphatic heterocycles. The van der Waals surface area contributed by atoms with Crippen LogP contribution in [0.1, 0.15) is 53.2 Å². The number of fused-ring (bicyclic) bond motifs is 1. The van der Waals surface area contributed by atoms with Crippen molar-refractivity contribution in [1.82, 2.24) is 10.2 Å². The maximum atomic E-state index is 12.6. The van der Waals surface area contributed by atoms with Crippen LogP contribution in [-0.4, -0.2) is 47.6 Å². The Morgan fingerprint density at radius 1 is 1.03 bits per heavy atom. The number of anilines is 1. The number of hydrogen-bond donors (Lipinski definition) is 2. The Hall–Kier alpha value is -2.70. The molecule has 0 atom stereocenters. The van der Waals surface area contributed by atoms with Crippen molar-refractivity contribution in [3.63, 3.8) is 0 Å². The van der Waals surface area contributed by atoms with Gasteiger partial charge in [0.1, 0.15) is 0 Å². The summed E-state index contributed by atoms with van der Waals surface area (Å²) in [6.07, 6.45) is 2.83. The highest BCUT2D eigenvalue weighted by molar-refractivity contribution is 5.98. The zero-order valence-electron chi connectivity index (χ0n) is 18.1. The number of amides is 2. The minimum atomic E-state index is -0.148. The van der Waals surface area contributed by atoms with Gasteiger partial charge in [-0.1, -0.05) is 31.2 Å². The lowest BCUT2D eigenvalue weighted by atomic mass is 10.1. The van der Waals surface area contributed by atoms with Crippen LogP contribution in [0.4, 0.5) is 5.69 Å². The Morgan fingerprint density at radius 3 is 2.45 bits per heavy atom. The van der Waals surface area contributed by atoms with Crippen molar-refractivity contribution in [1.29, 1.82) is 0 Å². The number of carbonyl (C=O) groups excluding carboxylic acids is 2. The normalized spacial score (nSPS) is 16.9. The van der Waals surface area contributed by atoms with E-state index in [1.54, 1.807) is 6.07 Å². The molecular formula is C25H31N3O3. The fourth-order valence-corrected chi connectivity index (χ4v) is 4.38. The van der Waals surface area contributed by atoms with Gasteiger partial charge in [0.05, 0.1) is 6.10 Å². The molecule has 2 aromatic rings. The van der Waals surface area contributed by atoms with E-state index in [-0.39, 0.29) is 17.9 Å². The van der Waals surface area contributed by atoms with Gasteiger partial charge in [0.15, 0.2) is 0 Å². The second-order valence-electron chi connectivity index (χ2n) is 8.50. The standard InChI is InChI=1S/C25H31N3O3/c1-2-24(30)28-14-9-20-15-21(7-8-23(20)28)25(31)26-16-18-3-5-19(6-4-18)17-27-12-10-22(29)11-13-27/h3-8,15,22,29H,2,9-14,16-17H2,1H3,(H,26,31). The van der Waals surface area contributed by atoms with Gasteiger partial charge in [0.25, 0.3) is 5.91 Å². The number of aliphatic hydroxyl groups excluding tert-OH is 1. The fourth-order valence-electron chi connectivity index (χ4n) is 4.38. The molecule has 2 N–H and O–H groups in total. The first kappa shape index (κ1) is 21.5. The summed E-state index contributed by atoms with van der Waals surface area (Å²) in [5.74, 6) is 0.0243. The Bertz CT molecular complexity index is 934. The molecule has 0 radical (unpaired) electrons. The van der Waals surface area contributed by atoms with Gasteiger partial charge >= 0.3 is 0 Å². The molecule has 0 saturated carbocycles. The van der Waals surface area contributed by atoms with Gasteiger partial charge in [-0.25, -0.2) is 0 Å². The summed E-state index contributed by atoms with van der Waals surface area (Å²) in [6.45, 7) is 5.80. The van der Waals surface area contributed by atoms with Gasteiger partial charge in [-0.15, -0.1) is 0 Å². The van der Waals surface area contributed by atoms with Gasteiger partial charge in [0, 0.05) is 50.4 Å². The van der Waals surface area contributed by atoms with Gasteiger partial charge in [-0.3, -0.25) is 14.5 Å². The number of rotatable bonds is 6. The third-order valence-corrected chi connectivity index (χ3v) is 6.28. The van der Waals surface area contributed by atoms with Gasteiger partial charge in [0.2, 0.25) is 5.91 Å². The van der Waals surface area contributed by atoms with E-state index in [1.165, 1.54) is 5.56 Å². The van der Waals surface area contributed by atoms with Crippen LogP contribution in [0.2, 0.25) is 0 Å². The Balaban J connectivity index is 1.30. The number of aliphatic hydroxyl groups is 1. The average Bonchev–Trinajstić information content (AvgIpc) is 3.22. The zero-order valence-corrected chi connectivity index (χ0v) is 18.1. The molecule has 1 fully saturated rings. The lowest BCUT2D eigenvalue weighted by Gasteiger charge is -2.29. The maximum absolute atomic E-state index is 12.6.